The van der Waals surface area contributed by atoms with Crippen molar-refractivity contribution in [2.75, 3.05) is 13.7 Å². The second-order valence-electron chi connectivity index (χ2n) is 4.02. The molecule has 82 valence electrons. The highest BCUT2D eigenvalue weighted by atomic mass is 16.5. The molecule has 3 nitrogen and oxygen atoms in total. The lowest BCUT2D eigenvalue weighted by Gasteiger charge is -2.27. The van der Waals surface area contributed by atoms with E-state index in [9.17, 15) is 4.79 Å². The van der Waals surface area contributed by atoms with Crippen LogP contribution in [0.2, 0.25) is 0 Å². The average molecular weight is 199 g/mol. The van der Waals surface area contributed by atoms with Crippen molar-refractivity contribution >= 4 is 5.97 Å². The van der Waals surface area contributed by atoms with Gasteiger partial charge in [0, 0.05) is 12.5 Å². The minimum Gasteiger partial charge on any atom is -0.466 e. The topological polar surface area (TPSA) is 38.3 Å². The van der Waals surface area contributed by atoms with E-state index < -0.39 is 0 Å². The minimum atomic E-state index is -0.0274. The highest BCUT2D eigenvalue weighted by Crippen LogP contribution is 2.26. The summed E-state index contributed by atoms with van der Waals surface area (Å²) in [5, 5.41) is 3.29. The fraction of sp³-hybridized carbons (Fsp3) is 0.909. The van der Waals surface area contributed by atoms with Gasteiger partial charge in [0.05, 0.1) is 6.61 Å². The lowest BCUT2D eigenvalue weighted by Crippen LogP contribution is -2.30. The maximum Gasteiger partial charge on any atom is 0.306 e. The van der Waals surface area contributed by atoms with Gasteiger partial charge in [-0.15, -0.1) is 0 Å². The Labute approximate surface area is 86.2 Å². The van der Waals surface area contributed by atoms with Crippen molar-refractivity contribution in [3.63, 3.8) is 0 Å². The second kappa shape index (κ2) is 6.02. The van der Waals surface area contributed by atoms with Crippen molar-refractivity contribution in [1.29, 1.82) is 0 Å². The molecule has 1 N–H and O–H groups in total. The molecule has 1 rings (SSSR count). The first-order valence-corrected chi connectivity index (χ1v) is 5.59. The van der Waals surface area contributed by atoms with Gasteiger partial charge >= 0.3 is 5.97 Å². The summed E-state index contributed by atoms with van der Waals surface area (Å²) in [5.74, 6) is 0.527. The highest BCUT2D eigenvalue weighted by Gasteiger charge is 2.22. The van der Waals surface area contributed by atoms with Crippen LogP contribution in [0.1, 0.15) is 39.0 Å². The summed E-state index contributed by atoms with van der Waals surface area (Å²) in [6.07, 6.45) is 5.32. The SMILES string of the molecule is CCOC(=O)C[C@H]1CC[C@H](NC)CC1. The van der Waals surface area contributed by atoms with Crippen LogP contribution in [-0.2, 0) is 9.53 Å². The van der Waals surface area contributed by atoms with Crippen molar-refractivity contribution in [1.82, 2.24) is 5.32 Å². The van der Waals surface area contributed by atoms with Crippen LogP contribution in [-0.4, -0.2) is 25.7 Å². The molecular weight excluding hydrogens is 178 g/mol. The first-order valence-electron chi connectivity index (χ1n) is 5.59. The summed E-state index contributed by atoms with van der Waals surface area (Å²) in [7, 11) is 2.01. The van der Waals surface area contributed by atoms with Crippen LogP contribution in [0.25, 0.3) is 0 Å². The van der Waals surface area contributed by atoms with Gasteiger partial charge in [0.1, 0.15) is 0 Å². The van der Waals surface area contributed by atoms with Crippen LogP contribution in [0.5, 0.6) is 0 Å². The number of rotatable bonds is 4. The Bertz CT molecular complexity index is 174. The standard InChI is InChI=1S/C11H21NO2/c1-3-14-11(13)8-9-4-6-10(12-2)7-5-9/h9-10,12H,3-8H2,1-2H3/t9-,10-. The molecule has 1 fully saturated rings. The Morgan fingerprint density at radius 2 is 2.00 bits per heavy atom. The van der Waals surface area contributed by atoms with E-state index in [1.165, 1.54) is 12.8 Å². The zero-order valence-corrected chi connectivity index (χ0v) is 9.21. The van der Waals surface area contributed by atoms with Gasteiger partial charge in [0.15, 0.2) is 0 Å². The van der Waals surface area contributed by atoms with Crippen molar-refractivity contribution in [3.05, 3.63) is 0 Å². The summed E-state index contributed by atoms with van der Waals surface area (Å²) >= 11 is 0. The van der Waals surface area contributed by atoms with Crippen LogP contribution < -0.4 is 5.32 Å². The first-order chi connectivity index (χ1) is 6.76. The lowest BCUT2D eigenvalue weighted by molar-refractivity contribution is -0.144. The lowest BCUT2D eigenvalue weighted by atomic mass is 9.84. The molecule has 1 aliphatic carbocycles. The van der Waals surface area contributed by atoms with Gasteiger partial charge in [0.25, 0.3) is 0 Å². The average Bonchev–Trinajstić information content (AvgIpc) is 2.19. The molecule has 0 aliphatic heterocycles. The molecule has 0 amide bonds. The molecular formula is C11H21NO2. The molecule has 0 unspecified atom stereocenters. The molecule has 1 aliphatic rings. The summed E-state index contributed by atoms with van der Waals surface area (Å²) in [6.45, 7) is 2.36. The van der Waals surface area contributed by atoms with Crippen LogP contribution in [0.3, 0.4) is 0 Å². The third-order valence-electron chi connectivity index (χ3n) is 3.02. The Balaban J connectivity index is 2.18. The van der Waals surface area contributed by atoms with Crippen molar-refractivity contribution < 1.29 is 9.53 Å². The van der Waals surface area contributed by atoms with E-state index in [-0.39, 0.29) is 5.97 Å². The van der Waals surface area contributed by atoms with E-state index >= 15 is 0 Å². The molecule has 0 spiro atoms. The van der Waals surface area contributed by atoms with E-state index in [4.69, 9.17) is 4.74 Å². The van der Waals surface area contributed by atoms with Crippen LogP contribution >= 0.6 is 0 Å². The van der Waals surface area contributed by atoms with Gasteiger partial charge in [-0.2, -0.15) is 0 Å². The zero-order chi connectivity index (χ0) is 10.4. The first kappa shape index (κ1) is 11.5. The van der Waals surface area contributed by atoms with Gasteiger partial charge < -0.3 is 10.1 Å². The monoisotopic (exact) mass is 199 g/mol. The maximum atomic E-state index is 11.2. The second-order valence-corrected chi connectivity index (χ2v) is 4.02. The highest BCUT2D eigenvalue weighted by molar-refractivity contribution is 5.69. The number of hydrogen-bond donors (Lipinski definition) is 1. The summed E-state index contributed by atoms with van der Waals surface area (Å²) < 4.78 is 4.94. The Morgan fingerprint density at radius 3 is 2.50 bits per heavy atom. The number of nitrogens with one attached hydrogen (secondary N) is 1. The molecule has 0 bridgehead atoms. The molecule has 14 heavy (non-hydrogen) atoms. The normalized spacial score (nSPS) is 27.3. The Morgan fingerprint density at radius 1 is 1.36 bits per heavy atom. The number of esters is 1. The number of carbonyl (C=O) groups excluding carboxylic acids is 1. The molecule has 0 aromatic carbocycles. The maximum absolute atomic E-state index is 11.2. The third-order valence-corrected chi connectivity index (χ3v) is 3.02. The smallest absolute Gasteiger partial charge is 0.306 e. The zero-order valence-electron chi connectivity index (χ0n) is 9.21. The Kier molecular flexibility index (Phi) is 4.94. The molecule has 1 saturated carbocycles. The summed E-state index contributed by atoms with van der Waals surface area (Å²) in [4.78, 5) is 11.2. The number of hydrogen-bond acceptors (Lipinski definition) is 3. The van der Waals surface area contributed by atoms with Gasteiger partial charge in [-0.05, 0) is 45.6 Å². The minimum absolute atomic E-state index is 0.0274. The largest absolute Gasteiger partial charge is 0.466 e. The van der Waals surface area contributed by atoms with Gasteiger partial charge in [-0.3, -0.25) is 4.79 Å². The van der Waals surface area contributed by atoms with Gasteiger partial charge in [0.2, 0.25) is 0 Å². The van der Waals surface area contributed by atoms with E-state index in [1.807, 2.05) is 14.0 Å². The fourth-order valence-corrected chi connectivity index (χ4v) is 2.11. The van der Waals surface area contributed by atoms with Crippen molar-refractivity contribution in [2.24, 2.45) is 5.92 Å². The van der Waals surface area contributed by atoms with Crippen LogP contribution in [0, 0.1) is 5.92 Å². The molecule has 0 atom stereocenters. The van der Waals surface area contributed by atoms with Crippen molar-refractivity contribution in [2.45, 2.75) is 45.1 Å². The predicted octanol–water partition coefficient (Wildman–Crippen LogP) is 1.72. The quantitative estimate of drug-likeness (QED) is 0.701. The molecule has 3 heteroatoms. The molecule has 0 aromatic heterocycles. The van der Waals surface area contributed by atoms with Crippen LogP contribution in [0.4, 0.5) is 0 Å². The van der Waals surface area contributed by atoms with E-state index in [0.717, 1.165) is 12.8 Å². The van der Waals surface area contributed by atoms with Crippen molar-refractivity contribution in [3.8, 4) is 0 Å². The van der Waals surface area contributed by atoms with Crippen LogP contribution in [0.15, 0.2) is 0 Å². The molecule has 0 heterocycles. The predicted molar refractivity (Wildman–Crippen MR) is 56.1 cm³/mol. The fourth-order valence-electron chi connectivity index (χ4n) is 2.11. The van der Waals surface area contributed by atoms with Gasteiger partial charge in [-0.25, -0.2) is 0 Å². The van der Waals surface area contributed by atoms with E-state index in [2.05, 4.69) is 5.32 Å². The van der Waals surface area contributed by atoms with E-state index in [1.54, 1.807) is 0 Å². The number of carbonyl (C=O) groups is 1. The molecule has 0 aromatic rings. The van der Waals surface area contributed by atoms with E-state index in [0.29, 0.717) is 25.0 Å². The number of ether oxygens (including phenoxy) is 1. The van der Waals surface area contributed by atoms with Gasteiger partial charge in [-0.1, -0.05) is 0 Å². The molecule has 0 saturated heterocycles. The molecule has 0 radical (unpaired) electrons. The summed E-state index contributed by atoms with van der Waals surface area (Å²) in [5.41, 5.74) is 0. The third kappa shape index (κ3) is 3.66. The Hall–Kier alpha value is -0.570. The summed E-state index contributed by atoms with van der Waals surface area (Å²) in [6, 6.07) is 0.661.